The Kier molecular flexibility index (Phi) is 4.74. The molecule has 2 aromatic heterocycles. The van der Waals surface area contributed by atoms with Crippen molar-refractivity contribution in [2.45, 2.75) is 19.3 Å². The summed E-state index contributed by atoms with van der Waals surface area (Å²) in [6, 6.07) is 53.9. The number of benzene rings is 6. The van der Waals surface area contributed by atoms with Gasteiger partial charge in [0, 0.05) is 55.8 Å². The zero-order valence-electron chi connectivity index (χ0n) is 26.3. The molecule has 8 aromatic rings. The monoisotopic (exact) mass is 599 g/mol. The molecule has 0 unspecified atom stereocenters. The zero-order chi connectivity index (χ0) is 31.0. The van der Waals surface area contributed by atoms with Crippen molar-refractivity contribution in [3.63, 3.8) is 0 Å². The summed E-state index contributed by atoms with van der Waals surface area (Å²) in [5, 5.41) is 2.61. The van der Waals surface area contributed by atoms with Gasteiger partial charge in [0.2, 0.25) is 0 Å². The summed E-state index contributed by atoms with van der Waals surface area (Å²) in [5.74, 6) is 0. The highest BCUT2D eigenvalue weighted by Gasteiger charge is 2.51. The van der Waals surface area contributed by atoms with E-state index in [0.29, 0.717) is 0 Å². The third kappa shape index (κ3) is 3.00. The van der Waals surface area contributed by atoms with Crippen molar-refractivity contribution in [3.05, 3.63) is 157 Å². The fourth-order valence-corrected chi connectivity index (χ4v) is 9.28. The summed E-state index contributed by atoms with van der Waals surface area (Å²) in [4.78, 5) is 2.58. The minimum absolute atomic E-state index is 0.0467. The minimum Gasteiger partial charge on any atom is -0.322 e. The molecule has 4 heteroatoms. The summed E-state index contributed by atoms with van der Waals surface area (Å²) in [5.41, 5.74) is 18.1. The minimum atomic E-state index is -0.202. The predicted octanol–water partition coefficient (Wildman–Crippen LogP) is 8.49. The zero-order valence-corrected chi connectivity index (χ0v) is 26.3. The van der Waals surface area contributed by atoms with Crippen LogP contribution >= 0.6 is 0 Å². The van der Waals surface area contributed by atoms with E-state index in [0.717, 1.165) is 0 Å². The summed E-state index contributed by atoms with van der Waals surface area (Å²) in [7, 11) is 0. The Balaban J connectivity index is 1.40. The average Bonchev–Trinajstić information content (AvgIpc) is 3.73. The van der Waals surface area contributed by atoms with Crippen molar-refractivity contribution in [1.82, 2.24) is 9.13 Å². The average molecular weight is 600 g/mol. The Bertz CT molecular complexity index is 2610. The number of nitrogens with zero attached hydrogens (tertiary/aromatic N) is 3. The molecule has 2 aliphatic heterocycles. The quantitative estimate of drug-likeness (QED) is 0.182. The lowest BCUT2D eigenvalue weighted by atomic mass is 9.35. The van der Waals surface area contributed by atoms with Gasteiger partial charge < -0.3 is 14.0 Å². The molecule has 3 aliphatic rings. The van der Waals surface area contributed by atoms with Gasteiger partial charge in [0.15, 0.2) is 0 Å². The van der Waals surface area contributed by atoms with Crippen LogP contribution in [0.15, 0.2) is 146 Å². The Morgan fingerprint density at radius 2 is 1.23 bits per heavy atom. The molecule has 1 aliphatic carbocycles. The van der Waals surface area contributed by atoms with Crippen molar-refractivity contribution < 1.29 is 0 Å². The van der Waals surface area contributed by atoms with Gasteiger partial charge in [-0.05, 0) is 64.5 Å². The van der Waals surface area contributed by atoms with E-state index in [1.54, 1.807) is 0 Å². The van der Waals surface area contributed by atoms with Crippen LogP contribution in [-0.2, 0) is 5.41 Å². The number of rotatable bonds is 2. The Labute approximate surface area is 274 Å². The van der Waals surface area contributed by atoms with Gasteiger partial charge in [-0.3, -0.25) is 0 Å². The van der Waals surface area contributed by atoms with Gasteiger partial charge in [0.25, 0.3) is 6.71 Å². The molecule has 0 atom stereocenters. The molecule has 0 amide bonds. The summed E-state index contributed by atoms with van der Waals surface area (Å²) in [6.07, 6.45) is 0. The van der Waals surface area contributed by atoms with Gasteiger partial charge in [0.1, 0.15) is 0 Å². The molecule has 0 fully saturated rings. The van der Waals surface area contributed by atoms with Crippen LogP contribution in [0.3, 0.4) is 0 Å². The molecule has 220 valence electrons. The molecule has 0 saturated carbocycles. The van der Waals surface area contributed by atoms with Gasteiger partial charge in [0.05, 0.1) is 16.7 Å². The van der Waals surface area contributed by atoms with E-state index < -0.39 is 0 Å². The molecule has 0 bridgehead atoms. The van der Waals surface area contributed by atoms with Crippen molar-refractivity contribution in [2.24, 2.45) is 0 Å². The van der Waals surface area contributed by atoms with Crippen molar-refractivity contribution >= 4 is 62.1 Å². The summed E-state index contributed by atoms with van der Waals surface area (Å²) >= 11 is 0. The molecule has 0 radical (unpaired) electrons. The lowest BCUT2D eigenvalue weighted by molar-refractivity contribution is 0.622. The highest BCUT2D eigenvalue weighted by molar-refractivity contribution is 7.00. The Morgan fingerprint density at radius 1 is 0.553 bits per heavy atom. The van der Waals surface area contributed by atoms with E-state index in [1.165, 1.54) is 89.1 Å². The lowest BCUT2D eigenvalue weighted by Gasteiger charge is -2.40. The molecular weight excluding hydrogens is 569 g/mol. The molecular formula is C43H30BN3. The first-order valence-corrected chi connectivity index (χ1v) is 16.6. The van der Waals surface area contributed by atoms with Crippen LogP contribution in [0.4, 0.5) is 17.1 Å². The van der Waals surface area contributed by atoms with Crippen LogP contribution < -0.4 is 21.4 Å². The van der Waals surface area contributed by atoms with Crippen molar-refractivity contribution in [1.29, 1.82) is 0 Å². The molecule has 47 heavy (non-hydrogen) atoms. The highest BCUT2D eigenvalue weighted by atomic mass is 15.2. The molecule has 0 spiro atoms. The first-order chi connectivity index (χ1) is 23.1. The van der Waals surface area contributed by atoms with Crippen LogP contribution in [0.2, 0.25) is 0 Å². The number of fused-ring (bicyclic) bond motifs is 12. The largest absolute Gasteiger partial charge is 0.322 e. The molecule has 11 rings (SSSR count). The molecule has 6 aromatic carbocycles. The Hall–Kier alpha value is -5.74. The maximum atomic E-state index is 2.64. The van der Waals surface area contributed by atoms with Crippen LogP contribution in [-0.4, -0.2) is 15.8 Å². The number of hydrogen-bond donors (Lipinski definition) is 0. The molecule has 0 saturated heterocycles. The maximum absolute atomic E-state index is 2.64. The second-order valence-corrected chi connectivity index (χ2v) is 13.7. The third-order valence-electron chi connectivity index (χ3n) is 11.0. The van der Waals surface area contributed by atoms with Gasteiger partial charge in [-0.25, -0.2) is 0 Å². The fourth-order valence-electron chi connectivity index (χ4n) is 9.28. The Morgan fingerprint density at radius 3 is 2.06 bits per heavy atom. The van der Waals surface area contributed by atoms with Crippen LogP contribution in [0.5, 0.6) is 0 Å². The van der Waals surface area contributed by atoms with E-state index in [2.05, 4.69) is 173 Å². The number of anilines is 3. The van der Waals surface area contributed by atoms with E-state index in [1.807, 2.05) is 0 Å². The summed E-state index contributed by atoms with van der Waals surface area (Å²) < 4.78 is 5.17. The van der Waals surface area contributed by atoms with Crippen LogP contribution in [0.1, 0.15) is 25.1 Å². The second-order valence-electron chi connectivity index (χ2n) is 13.7. The standard InChI is InChI=1S/C43H30BN3/c1-43(2)32-21-11-9-20-31(32)37-40-42(46(41(37)43)28-17-7-4-8-18-28)44-33-22-12-14-24-35(33)47-34-23-13-10-19-29(34)30-25-26-36(38(44)39(30)47)45(40)27-15-5-3-6-16-27/h3-26H,1-2H3. The van der Waals surface area contributed by atoms with Crippen molar-refractivity contribution in [3.8, 4) is 22.5 Å². The van der Waals surface area contributed by atoms with Gasteiger partial charge in [-0.15, -0.1) is 0 Å². The van der Waals surface area contributed by atoms with Gasteiger partial charge in [-0.2, -0.15) is 0 Å². The first-order valence-electron chi connectivity index (χ1n) is 16.6. The highest BCUT2D eigenvalue weighted by Crippen LogP contribution is 2.56. The second kappa shape index (κ2) is 8.74. The van der Waals surface area contributed by atoms with Crippen LogP contribution in [0.25, 0.3) is 44.3 Å². The van der Waals surface area contributed by atoms with E-state index >= 15 is 0 Å². The van der Waals surface area contributed by atoms with Crippen molar-refractivity contribution in [2.75, 3.05) is 4.90 Å². The topological polar surface area (TPSA) is 13.1 Å². The number of hydrogen-bond acceptors (Lipinski definition) is 1. The maximum Gasteiger partial charge on any atom is 0.273 e. The molecule has 0 N–H and O–H groups in total. The fraction of sp³-hybridized carbons (Fsp3) is 0.0698. The normalized spacial score (nSPS) is 14.7. The van der Waals surface area contributed by atoms with Crippen LogP contribution in [0, 0.1) is 0 Å². The SMILES string of the molecule is CC1(C)c2ccccc2-c2c3c(n(-c4ccccc4)c21)B1c2ccccc2-n2c4ccccc4c4ccc(c1c42)N3c1ccccc1. The van der Waals surface area contributed by atoms with Gasteiger partial charge in [-0.1, -0.05) is 117 Å². The lowest BCUT2D eigenvalue weighted by Crippen LogP contribution is -2.62. The smallest absolute Gasteiger partial charge is 0.273 e. The van der Waals surface area contributed by atoms with Gasteiger partial charge >= 0.3 is 0 Å². The van der Waals surface area contributed by atoms with E-state index in [9.17, 15) is 0 Å². The number of para-hydroxylation sites is 4. The van der Waals surface area contributed by atoms with E-state index in [-0.39, 0.29) is 12.1 Å². The predicted molar refractivity (Wildman–Crippen MR) is 197 cm³/mol. The molecule has 4 heterocycles. The summed E-state index contributed by atoms with van der Waals surface area (Å²) in [6.45, 7) is 4.87. The van der Waals surface area contributed by atoms with E-state index in [4.69, 9.17) is 0 Å². The molecule has 3 nitrogen and oxygen atoms in total. The number of aromatic nitrogens is 2. The third-order valence-corrected chi connectivity index (χ3v) is 11.0. The first kappa shape index (κ1) is 25.5.